The summed E-state index contributed by atoms with van der Waals surface area (Å²) in [6, 6.07) is 7.48. The van der Waals surface area contributed by atoms with Gasteiger partial charge < -0.3 is 29.7 Å². The molecule has 3 heterocycles. The molecule has 0 saturated carbocycles. The highest BCUT2D eigenvalue weighted by Crippen LogP contribution is 2.32. The highest BCUT2D eigenvalue weighted by atomic mass is 31.2. The molecule has 4 rings (SSSR count). The minimum absolute atomic E-state index is 0.00179. The number of hydrogen-bond acceptors (Lipinski definition) is 6. The van der Waals surface area contributed by atoms with Crippen LogP contribution in [-0.2, 0) is 22.3 Å². The van der Waals surface area contributed by atoms with Gasteiger partial charge in [0.25, 0.3) is 11.5 Å². The number of halogens is 1. The summed E-state index contributed by atoms with van der Waals surface area (Å²) in [5, 5.41) is 12.7. The highest BCUT2D eigenvalue weighted by molar-refractivity contribution is 7.51. The molecule has 0 unspecified atom stereocenters. The number of carbonyl (C=O) groups excluding carboxylic acids is 2. The first-order valence-electron chi connectivity index (χ1n) is 11.1. The predicted octanol–water partition coefficient (Wildman–Crippen LogP) is 1.32. The fourth-order valence-electron chi connectivity index (χ4n) is 4.13. The third-order valence-corrected chi connectivity index (χ3v) is 6.46. The summed E-state index contributed by atoms with van der Waals surface area (Å²) in [5.41, 5.74) is -0.00993. The number of hydrogen-bond donors (Lipinski definition) is 4. The van der Waals surface area contributed by atoms with Crippen molar-refractivity contribution in [3.8, 4) is 5.75 Å². The number of aromatic hydroxyl groups is 1. The van der Waals surface area contributed by atoms with Crippen molar-refractivity contribution >= 4 is 30.4 Å². The molecular weight excluding hydrogens is 494 g/mol. The van der Waals surface area contributed by atoms with Crippen LogP contribution in [0.1, 0.15) is 34.3 Å². The summed E-state index contributed by atoms with van der Waals surface area (Å²) in [5.74, 6) is -2.32. The number of aromatic nitrogens is 2. The third-order valence-electron chi connectivity index (χ3n) is 5.89. The van der Waals surface area contributed by atoms with E-state index in [4.69, 9.17) is 9.79 Å². The van der Waals surface area contributed by atoms with Gasteiger partial charge in [-0.3, -0.25) is 23.9 Å². The van der Waals surface area contributed by atoms with Crippen LogP contribution in [0.5, 0.6) is 5.75 Å². The second kappa shape index (κ2) is 10.2. The lowest BCUT2D eigenvalue weighted by atomic mass is 10.1. The lowest BCUT2D eigenvalue weighted by Crippen LogP contribution is -2.36. The first kappa shape index (κ1) is 25.5. The van der Waals surface area contributed by atoms with E-state index in [0.29, 0.717) is 31.4 Å². The van der Waals surface area contributed by atoms with Gasteiger partial charge in [0.1, 0.15) is 23.2 Å². The maximum atomic E-state index is 13.3. The van der Waals surface area contributed by atoms with Crippen LogP contribution >= 0.6 is 7.60 Å². The Balaban J connectivity index is 1.77. The van der Waals surface area contributed by atoms with Crippen LogP contribution in [0.3, 0.4) is 0 Å². The molecular formula is C23H24FN4O7P. The SMILES string of the molecule is O=C(NCP(=O)(O)O)c1c(O)c2ncc(Cc3ccc(F)cc3)cc2n(CCN2CCCC2=O)c1=O. The van der Waals surface area contributed by atoms with Crippen molar-refractivity contribution in [2.24, 2.45) is 0 Å². The fraction of sp³-hybridized carbons (Fsp3) is 0.304. The van der Waals surface area contributed by atoms with Crippen LogP contribution in [0.4, 0.5) is 4.39 Å². The number of likely N-dealkylation sites (tertiary alicyclic amines) is 1. The molecule has 36 heavy (non-hydrogen) atoms. The van der Waals surface area contributed by atoms with Crippen molar-refractivity contribution in [3.63, 3.8) is 0 Å². The van der Waals surface area contributed by atoms with Crippen LogP contribution < -0.4 is 10.9 Å². The fourth-order valence-corrected chi connectivity index (χ4v) is 4.48. The first-order chi connectivity index (χ1) is 17.0. The molecule has 190 valence electrons. The van der Waals surface area contributed by atoms with Gasteiger partial charge in [0, 0.05) is 32.3 Å². The minimum Gasteiger partial charge on any atom is -0.505 e. The van der Waals surface area contributed by atoms with E-state index >= 15 is 0 Å². The number of nitrogens with one attached hydrogen (secondary N) is 1. The summed E-state index contributed by atoms with van der Waals surface area (Å²) in [6.07, 6.45) is 1.89. The van der Waals surface area contributed by atoms with Crippen molar-refractivity contribution in [2.45, 2.75) is 25.8 Å². The number of rotatable bonds is 8. The molecule has 2 aromatic heterocycles. The van der Waals surface area contributed by atoms with E-state index < -0.39 is 36.7 Å². The smallest absolute Gasteiger partial charge is 0.344 e. The van der Waals surface area contributed by atoms with Crippen LogP contribution in [-0.4, -0.2) is 60.5 Å². The van der Waals surface area contributed by atoms with Crippen molar-refractivity contribution in [3.05, 3.63) is 69.4 Å². The summed E-state index contributed by atoms with van der Waals surface area (Å²) in [4.78, 5) is 62.0. The normalized spacial score (nSPS) is 14.0. The zero-order valence-corrected chi connectivity index (χ0v) is 19.9. The number of benzene rings is 1. The molecule has 3 aromatic rings. The molecule has 0 bridgehead atoms. The van der Waals surface area contributed by atoms with Gasteiger partial charge in [-0.15, -0.1) is 0 Å². The monoisotopic (exact) mass is 518 g/mol. The van der Waals surface area contributed by atoms with E-state index in [1.54, 1.807) is 23.1 Å². The molecule has 0 aliphatic carbocycles. The van der Waals surface area contributed by atoms with E-state index in [9.17, 15) is 28.4 Å². The van der Waals surface area contributed by atoms with Crippen molar-refractivity contribution in [2.75, 3.05) is 19.4 Å². The van der Waals surface area contributed by atoms with Gasteiger partial charge in [-0.25, -0.2) is 4.39 Å². The van der Waals surface area contributed by atoms with E-state index in [-0.39, 0.29) is 35.8 Å². The van der Waals surface area contributed by atoms with E-state index in [2.05, 4.69) is 4.98 Å². The Kier molecular flexibility index (Phi) is 7.21. The second-order valence-electron chi connectivity index (χ2n) is 8.51. The van der Waals surface area contributed by atoms with Crippen LogP contribution in [0.2, 0.25) is 0 Å². The van der Waals surface area contributed by atoms with Crippen molar-refractivity contribution in [1.82, 2.24) is 19.8 Å². The molecule has 0 spiro atoms. The number of pyridine rings is 2. The highest BCUT2D eigenvalue weighted by Gasteiger charge is 2.26. The van der Waals surface area contributed by atoms with Crippen molar-refractivity contribution in [1.29, 1.82) is 0 Å². The molecule has 0 atom stereocenters. The molecule has 1 saturated heterocycles. The molecule has 1 aliphatic rings. The summed E-state index contributed by atoms with van der Waals surface area (Å²) >= 11 is 0. The average Bonchev–Trinajstić information content (AvgIpc) is 3.23. The summed E-state index contributed by atoms with van der Waals surface area (Å²) in [6.45, 7) is 0.722. The molecule has 2 amide bonds. The van der Waals surface area contributed by atoms with Gasteiger partial charge in [-0.05, 0) is 42.2 Å². The van der Waals surface area contributed by atoms with Gasteiger partial charge >= 0.3 is 7.60 Å². The Morgan fingerprint density at radius 2 is 1.86 bits per heavy atom. The Morgan fingerprint density at radius 3 is 2.50 bits per heavy atom. The molecule has 0 radical (unpaired) electrons. The van der Waals surface area contributed by atoms with E-state index in [1.165, 1.54) is 22.9 Å². The number of carbonyl (C=O) groups is 2. The summed E-state index contributed by atoms with van der Waals surface area (Å²) < 4.78 is 25.6. The van der Waals surface area contributed by atoms with Crippen LogP contribution in [0.25, 0.3) is 11.0 Å². The zero-order valence-electron chi connectivity index (χ0n) is 19.1. The molecule has 1 aliphatic heterocycles. The Labute approximate surface area is 204 Å². The van der Waals surface area contributed by atoms with Crippen LogP contribution in [0.15, 0.2) is 41.3 Å². The Bertz CT molecular complexity index is 1440. The second-order valence-corrected chi connectivity index (χ2v) is 10.2. The quantitative estimate of drug-likeness (QED) is 0.325. The number of fused-ring (bicyclic) bond motifs is 1. The molecule has 4 N–H and O–H groups in total. The molecule has 1 fully saturated rings. The molecule has 13 heteroatoms. The van der Waals surface area contributed by atoms with Crippen LogP contribution in [0, 0.1) is 5.82 Å². The maximum absolute atomic E-state index is 13.3. The molecule has 1 aromatic carbocycles. The predicted molar refractivity (Wildman–Crippen MR) is 127 cm³/mol. The first-order valence-corrected chi connectivity index (χ1v) is 12.9. The van der Waals surface area contributed by atoms with Gasteiger partial charge in [0.15, 0.2) is 5.75 Å². The van der Waals surface area contributed by atoms with Gasteiger partial charge in [-0.2, -0.15) is 0 Å². The zero-order chi connectivity index (χ0) is 26.0. The third kappa shape index (κ3) is 5.62. The Hall–Kier alpha value is -3.60. The largest absolute Gasteiger partial charge is 0.505 e. The lowest BCUT2D eigenvalue weighted by molar-refractivity contribution is -0.127. The number of amides is 2. The Morgan fingerprint density at radius 1 is 1.14 bits per heavy atom. The topological polar surface area (TPSA) is 162 Å². The van der Waals surface area contributed by atoms with E-state index in [0.717, 1.165) is 5.56 Å². The summed E-state index contributed by atoms with van der Waals surface area (Å²) in [7, 11) is -4.61. The van der Waals surface area contributed by atoms with Gasteiger partial charge in [-0.1, -0.05) is 12.1 Å². The lowest BCUT2D eigenvalue weighted by Gasteiger charge is -2.19. The minimum atomic E-state index is -4.61. The molecule has 11 nitrogen and oxygen atoms in total. The maximum Gasteiger partial charge on any atom is 0.344 e. The van der Waals surface area contributed by atoms with E-state index in [1.807, 2.05) is 5.32 Å². The van der Waals surface area contributed by atoms with Gasteiger partial charge in [0.05, 0.1) is 5.52 Å². The average molecular weight is 518 g/mol. The van der Waals surface area contributed by atoms with Crippen molar-refractivity contribution < 1.29 is 33.4 Å². The standard InChI is InChI=1S/C23H24FN4O7P/c24-16-5-3-14(4-6-16)10-15-11-17-20(25-12-15)21(30)19(22(31)26-13-36(33,34)35)23(32)28(17)9-8-27-7-1-2-18(27)29/h3-6,11-12,30H,1-2,7-10,13H2,(H,26,31)(H2,33,34,35). The number of nitrogens with zero attached hydrogens (tertiary/aromatic N) is 3. The van der Waals surface area contributed by atoms with Gasteiger partial charge in [0.2, 0.25) is 5.91 Å².